The zero-order valence-electron chi connectivity index (χ0n) is 11.6. The van der Waals surface area contributed by atoms with Gasteiger partial charge in [-0.1, -0.05) is 0 Å². The van der Waals surface area contributed by atoms with Crippen molar-refractivity contribution in [1.82, 2.24) is 14.9 Å². The third kappa shape index (κ3) is 4.14. The molecule has 0 saturated carbocycles. The molecule has 7 heteroatoms. The number of piperazine rings is 1. The third-order valence-electron chi connectivity index (χ3n) is 3.34. The van der Waals surface area contributed by atoms with Gasteiger partial charge in [-0.05, 0) is 29.3 Å². The molecule has 1 aromatic rings. The number of nitrogens with two attached hydrogens (primary N) is 1. The van der Waals surface area contributed by atoms with Crippen LogP contribution in [0.5, 0.6) is 0 Å². The minimum absolute atomic E-state index is 0.0800. The van der Waals surface area contributed by atoms with Crippen LogP contribution < -0.4 is 10.6 Å². The van der Waals surface area contributed by atoms with Gasteiger partial charge in [0.25, 0.3) is 0 Å². The van der Waals surface area contributed by atoms with E-state index in [2.05, 4.69) is 30.8 Å². The summed E-state index contributed by atoms with van der Waals surface area (Å²) >= 11 is 3.32. The highest BCUT2D eigenvalue weighted by molar-refractivity contribution is 9.10. The van der Waals surface area contributed by atoms with E-state index in [9.17, 15) is 4.79 Å². The zero-order chi connectivity index (χ0) is 14.5. The molecule has 2 rings (SSSR count). The lowest BCUT2D eigenvalue weighted by molar-refractivity contribution is -0.131. The zero-order valence-corrected chi connectivity index (χ0v) is 13.2. The van der Waals surface area contributed by atoms with Gasteiger partial charge in [-0.25, -0.2) is 9.97 Å². The molecule has 1 aliphatic heterocycles. The van der Waals surface area contributed by atoms with Crippen molar-refractivity contribution in [3.63, 3.8) is 0 Å². The van der Waals surface area contributed by atoms with E-state index in [4.69, 9.17) is 5.73 Å². The predicted molar refractivity (Wildman–Crippen MR) is 81.4 cm³/mol. The molecule has 0 spiro atoms. The number of nitrogens with zero attached hydrogens (tertiary/aromatic N) is 4. The van der Waals surface area contributed by atoms with Crippen LogP contribution in [0.4, 0.5) is 5.95 Å². The fourth-order valence-electron chi connectivity index (χ4n) is 2.13. The summed E-state index contributed by atoms with van der Waals surface area (Å²) in [7, 11) is 0. The number of anilines is 1. The Morgan fingerprint density at radius 1 is 1.35 bits per heavy atom. The van der Waals surface area contributed by atoms with Gasteiger partial charge in [0.15, 0.2) is 0 Å². The smallest absolute Gasteiger partial charge is 0.225 e. The molecule has 1 atom stereocenters. The second-order valence-corrected chi connectivity index (χ2v) is 6.00. The topological polar surface area (TPSA) is 75.4 Å². The summed E-state index contributed by atoms with van der Waals surface area (Å²) in [6.07, 6.45) is 4.76. The molecule has 2 N–H and O–H groups in total. The third-order valence-corrected chi connectivity index (χ3v) is 3.74. The van der Waals surface area contributed by atoms with Gasteiger partial charge in [0.2, 0.25) is 11.9 Å². The highest BCUT2D eigenvalue weighted by Gasteiger charge is 2.22. The molecule has 1 aromatic heterocycles. The number of rotatable bonds is 4. The lowest BCUT2D eigenvalue weighted by atomic mass is 10.1. The SMILES string of the molecule is CC(N)CCC(=O)N1CCN(c2ncc(Br)cn2)CC1. The van der Waals surface area contributed by atoms with Gasteiger partial charge in [0.05, 0.1) is 4.47 Å². The van der Waals surface area contributed by atoms with Crippen LogP contribution >= 0.6 is 15.9 Å². The summed E-state index contributed by atoms with van der Waals surface area (Å²) in [6, 6.07) is 0.0800. The highest BCUT2D eigenvalue weighted by Crippen LogP contribution is 2.14. The Kier molecular flexibility index (Phi) is 5.31. The van der Waals surface area contributed by atoms with Crippen LogP contribution in [0.1, 0.15) is 19.8 Å². The first-order valence-corrected chi connectivity index (χ1v) is 7.61. The fourth-order valence-corrected chi connectivity index (χ4v) is 2.34. The molecule has 1 saturated heterocycles. The summed E-state index contributed by atoms with van der Waals surface area (Å²) in [5.74, 6) is 0.912. The van der Waals surface area contributed by atoms with E-state index in [0.717, 1.165) is 43.0 Å². The molecule has 2 heterocycles. The number of halogens is 1. The standard InChI is InChI=1S/C13H20BrN5O/c1-10(15)2-3-12(20)18-4-6-19(7-5-18)13-16-8-11(14)9-17-13/h8-10H,2-7,15H2,1H3. The number of carbonyl (C=O) groups is 1. The molecule has 1 amide bonds. The van der Waals surface area contributed by atoms with Gasteiger partial charge in [0, 0.05) is 51.0 Å². The fraction of sp³-hybridized carbons (Fsp3) is 0.615. The van der Waals surface area contributed by atoms with Crippen LogP contribution in [-0.2, 0) is 4.79 Å². The first-order valence-electron chi connectivity index (χ1n) is 6.82. The molecule has 1 unspecified atom stereocenters. The molecule has 0 bridgehead atoms. The summed E-state index contributed by atoms with van der Waals surface area (Å²) in [6.45, 7) is 4.90. The molecule has 0 radical (unpaired) electrons. The van der Waals surface area contributed by atoms with E-state index in [1.165, 1.54) is 0 Å². The molecular weight excluding hydrogens is 322 g/mol. The highest BCUT2D eigenvalue weighted by atomic mass is 79.9. The van der Waals surface area contributed by atoms with Gasteiger partial charge in [-0.15, -0.1) is 0 Å². The average Bonchev–Trinajstić information content (AvgIpc) is 2.46. The van der Waals surface area contributed by atoms with E-state index in [0.29, 0.717) is 6.42 Å². The van der Waals surface area contributed by atoms with Crippen molar-refractivity contribution in [1.29, 1.82) is 0 Å². The molecule has 0 aliphatic carbocycles. The van der Waals surface area contributed by atoms with Gasteiger partial charge in [-0.2, -0.15) is 0 Å². The van der Waals surface area contributed by atoms with Crippen molar-refractivity contribution in [2.75, 3.05) is 31.1 Å². The molecule has 6 nitrogen and oxygen atoms in total. The van der Waals surface area contributed by atoms with Crippen molar-refractivity contribution in [2.24, 2.45) is 5.73 Å². The second-order valence-electron chi connectivity index (χ2n) is 5.09. The van der Waals surface area contributed by atoms with Crippen LogP contribution in [0.25, 0.3) is 0 Å². The van der Waals surface area contributed by atoms with E-state index >= 15 is 0 Å². The molecule has 20 heavy (non-hydrogen) atoms. The van der Waals surface area contributed by atoms with E-state index < -0.39 is 0 Å². The largest absolute Gasteiger partial charge is 0.339 e. The quantitative estimate of drug-likeness (QED) is 0.884. The summed E-state index contributed by atoms with van der Waals surface area (Å²) in [4.78, 5) is 24.6. The Morgan fingerprint density at radius 3 is 2.50 bits per heavy atom. The first kappa shape index (κ1) is 15.2. The maximum absolute atomic E-state index is 12.0. The summed E-state index contributed by atoms with van der Waals surface area (Å²) in [5.41, 5.74) is 5.68. The molecule has 1 aliphatic rings. The van der Waals surface area contributed by atoms with Crippen LogP contribution in [-0.4, -0.2) is 53.0 Å². The van der Waals surface area contributed by atoms with Gasteiger partial charge < -0.3 is 15.5 Å². The Hall–Kier alpha value is -1.21. The first-order chi connectivity index (χ1) is 9.56. The Labute approximate surface area is 127 Å². The second kappa shape index (κ2) is 6.99. The maximum atomic E-state index is 12.0. The van der Waals surface area contributed by atoms with Crippen LogP contribution in [0.15, 0.2) is 16.9 Å². The van der Waals surface area contributed by atoms with Crippen LogP contribution in [0.2, 0.25) is 0 Å². The average molecular weight is 342 g/mol. The lowest BCUT2D eigenvalue weighted by Crippen LogP contribution is -2.49. The Morgan fingerprint density at radius 2 is 1.95 bits per heavy atom. The number of hydrogen-bond donors (Lipinski definition) is 1. The molecule has 1 fully saturated rings. The number of amides is 1. The Balaban J connectivity index is 1.83. The van der Waals surface area contributed by atoms with Crippen LogP contribution in [0, 0.1) is 0 Å². The summed E-state index contributed by atoms with van der Waals surface area (Å²) < 4.78 is 0.867. The van der Waals surface area contributed by atoms with E-state index in [-0.39, 0.29) is 11.9 Å². The van der Waals surface area contributed by atoms with Crippen molar-refractivity contribution in [3.05, 3.63) is 16.9 Å². The molecule has 110 valence electrons. The number of aromatic nitrogens is 2. The van der Waals surface area contributed by atoms with Crippen molar-refractivity contribution in [3.8, 4) is 0 Å². The maximum Gasteiger partial charge on any atom is 0.225 e. The van der Waals surface area contributed by atoms with Gasteiger partial charge in [0.1, 0.15) is 0 Å². The van der Waals surface area contributed by atoms with Gasteiger partial charge in [-0.3, -0.25) is 4.79 Å². The normalized spacial score (nSPS) is 17.1. The Bertz CT molecular complexity index is 443. The van der Waals surface area contributed by atoms with Crippen molar-refractivity contribution < 1.29 is 4.79 Å². The monoisotopic (exact) mass is 341 g/mol. The van der Waals surface area contributed by atoms with E-state index in [1.807, 2.05) is 11.8 Å². The van der Waals surface area contributed by atoms with Crippen LogP contribution in [0.3, 0.4) is 0 Å². The minimum Gasteiger partial charge on any atom is -0.339 e. The lowest BCUT2D eigenvalue weighted by Gasteiger charge is -2.34. The molecular formula is C13H20BrN5O. The number of carbonyl (C=O) groups excluding carboxylic acids is 1. The predicted octanol–water partition coefficient (Wildman–Crippen LogP) is 1.02. The number of hydrogen-bond acceptors (Lipinski definition) is 5. The summed E-state index contributed by atoms with van der Waals surface area (Å²) in [5, 5.41) is 0. The van der Waals surface area contributed by atoms with Gasteiger partial charge >= 0.3 is 0 Å². The minimum atomic E-state index is 0.0800. The molecule has 0 aromatic carbocycles. The van der Waals surface area contributed by atoms with Crippen molar-refractivity contribution in [2.45, 2.75) is 25.8 Å². The van der Waals surface area contributed by atoms with E-state index in [1.54, 1.807) is 12.4 Å². The van der Waals surface area contributed by atoms with Crippen molar-refractivity contribution >= 4 is 27.8 Å².